The molecule has 0 unspecified atom stereocenters. The van der Waals surface area contributed by atoms with Crippen LogP contribution in [0.15, 0.2) is 18.2 Å². The van der Waals surface area contributed by atoms with Crippen LogP contribution in [0.2, 0.25) is 0 Å². The molecule has 112 valence electrons. The van der Waals surface area contributed by atoms with Crippen LogP contribution < -0.4 is 4.74 Å². The highest BCUT2D eigenvalue weighted by Crippen LogP contribution is 2.29. The van der Waals surface area contributed by atoms with Crippen molar-refractivity contribution < 1.29 is 24.4 Å². The maximum atomic E-state index is 12.5. The number of rotatable bonds is 4. The second kappa shape index (κ2) is 6.00. The van der Waals surface area contributed by atoms with Crippen molar-refractivity contribution in [2.75, 3.05) is 18.7 Å². The zero-order chi connectivity index (χ0) is 15.6. The van der Waals surface area contributed by atoms with E-state index in [1.54, 1.807) is 0 Å². The van der Waals surface area contributed by atoms with Gasteiger partial charge in [-0.25, -0.2) is 4.79 Å². The van der Waals surface area contributed by atoms with Crippen LogP contribution in [0.25, 0.3) is 0 Å². The summed E-state index contributed by atoms with van der Waals surface area (Å²) in [6.45, 7) is 0. The van der Waals surface area contributed by atoms with E-state index in [0.29, 0.717) is 0 Å². The van der Waals surface area contributed by atoms with E-state index < -0.39 is 22.8 Å². The van der Waals surface area contributed by atoms with Gasteiger partial charge in [-0.2, -0.15) is 0 Å². The molecule has 1 atom stereocenters. The van der Waals surface area contributed by atoms with Gasteiger partial charge in [0.15, 0.2) is 0 Å². The molecule has 0 spiro atoms. The standard InChI is InChI=1S/C12H12N2O6S/c1-20-10-3-2-7(14(18)19)4-8(10)11(15)13-6-21-5-9(13)12(16)17/h2-4,9H,5-6H2,1H3,(H,16,17)/t9-/m0/s1. The summed E-state index contributed by atoms with van der Waals surface area (Å²) in [5, 5.41) is 19.9. The van der Waals surface area contributed by atoms with Crippen molar-refractivity contribution in [3.8, 4) is 5.75 Å². The highest BCUT2D eigenvalue weighted by atomic mass is 32.2. The van der Waals surface area contributed by atoms with Gasteiger partial charge >= 0.3 is 5.97 Å². The van der Waals surface area contributed by atoms with Gasteiger partial charge in [-0.1, -0.05) is 0 Å². The fourth-order valence-electron chi connectivity index (χ4n) is 1.98. The number of benzene rings is 1. The molecule has 9 heteroatoms. The summed E-state index contributed by atoms with van der Waals surface area (Å²) < 4.78 is 5.03. The Morgan fingerprint density at radius 3 is 2.81 bits per heavy atom. The van der Waals surface area contributed by atoms with Gasteiger partial charge in [-0.3, -0.25) is 14.9 Å². The van der Waals surface area contributed by atoms with Crippen molar-refractivity contribution in [1.82, 2.24) is 4.90 Å². The van der Waals surface area contributed by atoms with Crippen LogP contribution >= 0.6 is 11.8 Å². The molecule has 1 aromatic rings. The average molecular weight is 312 g/mol. The van der Waals surface area contributed by atoms with E-state index in [0.717, 1.165) is 6.07 Å². The van der Waals surface area contributed by atoms with E-state index in [1.165, 1.54) is 35.9 Å². The molecule has 1 fully saturated rings. The summed E-state index contributed by atoms with van der Waals surface area (Å²) in [6.07, 6.45) is 0. The maximum absolute atomic E-state index is 12.5. The normalized spacial score (nSPS) is 17.6. The number of methoxy groups -OCH3 is 1. The lowest BCUT2D eigenvalue weighted by Gasteiger charge is -2.21. The number of amides is 1. The summed E-state index contributed by atoms with van der Waals surface area (Å²) >= 11 is 1.32. The first-order chi connectivity index (χ1) is 9.95. The number of aliphatic carboxylic acids is 1. The lowest BCUT2D eigenvalue weighted by Crippen LogP contribution is -2.41. The molecule has 1 amide bonds. The Morgan fingerprint density at radius 2 is 2.24 bits per heavy atom. The molecular weight excluding hydrogens is 300 g/mol. The minimum atomic E-state index is -1.10. The number of ether oxygens (including phenoxy) is 1. The van der Waals surface area contributed by atoms with Crippen LogP contribution in [-0.2, 0) is 4.79 Å². The molecule has 1 N–H and O–H groups in total. The molecule has 1 aliphatic rings. The number of carboxylic acid groups (broad SMARTS) is 1. The van der Waals surface area contributed by atoms with Crippen LogP contribution in [0.4, 0.5) is 5.69 Å². The second-order valence-corrected chi connectivity index (χ2v) is 5.27. The van der Waals surface area contributed by atoms with Gasteiger partial charge in [-0.05, 0) is 6.07 Å². The smallest absolute Gasteiger partial charge is 0.327 e. The van der Waals surface area contributed by atoms with Crippen molar-refractivity contribution in [2.45, 2.75) is 6.04 Å². The van der Waals surface area contributed by atoms with Crippen molar-refractivity contribution in [2.24, 2.45) is 0 Å². The first-order valence-corrected chi connectivity index (χ1v) is 7.05. The third-order valence-electron chi connectivity index (χ3n) is 3.05. The Morgan fingerprint density at radius 1 is 1.52 bits per heavy atom. The lowest BCUT2D eigenvalue weighted by atomic mass is 10.1. The molecule has 1 saturated heterocycles. The average Bonchev–Trinajstić information content (AvgIpc) is 2.95. The molecule has 2 rings (SSSR count). The molecule has 1 aromatic carbocycles. The van der Waals surface area contributed by atoms with Crippen molar-refractivity contribution in [3.05, 3.63) is 33.9 Å². The Balaban J connectivity index is 2.39. The van der Waals surface area contributed by atoms with Crippen molar-refractivity contribution in [3.63, 3.8) is 0 Å². The van der Waals surface area contributed by atoms with Gasteiger partial charge in [0.25, 0.3) is 11.6 Å². The number of hydrogen-bond donors (Lipinski definition) is 1. The molecule has 0 aromatic heterocycles. The monoisotopic (exact) mass is 312 g/mol. The van der Waals surface area contributed by atoms with Gasteiger partial charge in [0.1, 0.15) is 11.8 Å². The molecule has 0 aliphatic carbocycles. The van der Waals surface area contributed by atoms with Crippen molar-refractivity contribution in [1.29, 1.82) is 0 Å². The number of carboxylic acids is 1. The summed E-state index contributed by atoms with van der Waals surface area (Å²) in [7, 11) is 1.34. The zero-order valence-corrected chi connectivity index (χ0v) is 11.8. The summed E-state index contributed by atoms with van der Waals surface area (Å²) in [4.78, 5) is 35.0. The zero-order valence-electron chi connectivity index (χ0n) is 11.0. The minimum Gasteiger partial charge on any atom is -0.496 e. The number of nitro groups is 1. The molecule has 1 aliphatic heterocycles. The molecule has 0 saturated carbocycles. The largest absolute Gasteiger partial charge is 0.496 e. The Labute approximate surface area is 123 Å². The number of non-ortho nitro benzene ring substituents is 1. The SMILES string of the molecule is COc1ccc([N+](=O)[O-])cc1C(=O)N1CSC[C@H]1C(=O)O. The van der Waals surface area contributed by atoms with Gasteiger partial charge < -0.3 is 14.7 Å². The number of carbonyl (C=O) groups excluding carboxylic acids is 1. The summed E-state index contributed by atoms with van der Waals surface area (Å²) in [5.74, 6) is -1.00. The first kappa shape index (κ1) is 15.1. The molecule has 1 heterocycles. The predicted molar refractivity (Wildman–Crippen MR) is 74.6 cm³/mol. The Kier molecular flexibility index (Phi) is 4.32. The number of carbonyl (C=O) groups is 2. The third-order valence-corrected chi connectivity index (χ3v) is 4.06. The molecular formula is C12H12N2O6S. The van der Waals surface area contributed by atoms with E-state index >= 15 is 0 Å². The quantitative estimate of drug-likeness (QED) is 0.657. The van der Waals surface area contributed by atoms with E-state index in [-0.39, 0.29) is 28.6 Å². The van der Waals surface area contributed by atoms with E-state index in [4.69, 9.17) is 9.84 Å². The Bertz CT molecular complexity index is 605. The summed E-state index contributed by atoms with van der Waals surface area (Å²) in [6, 6.07) is 2.71. The van der Waals surface area contributed by atoms with Gasteiger partial charge in [0, 0.05) is 17.9 Å². The van der Waals surface area contributed by atoms with Crippen LogP contribution in [0, 0.1) is 10.1 Å². The van der Waals surface area contributed by atoms with Crippen LogP contribution in [0.5, 0.6) is 5.75 Å². The fraction of sp³-hybridized carbons (Fsp3) is 0.333. The van der Waals surface area contributed by atoms with Gasteiger partial charge in [0.05, 0.1) is 23.5 Å². The number of nitro benzene ring substituents is 1. The third kappa shape index (κ3) is 2.92. The summed E-state index contributed by atoms with van der Waals surface area (Å²) in [5.41, 5.74) is -0.265. The fourth-order valence-corrected chi connectivity index (χ4v) is 3.12. The minimum absolute atomic E-state index is 0.0135. The van der Waals surface area contributed by atoms with Crippen molar-refractivity contribution >= 4 is 29.3 Å². The van der Waals surface area contributed by atoms with Crippen LogP contribution in [0.1, 0.15) is 10.4 Å². The second-order valence-electron chi connectivity index (χ2n) is 4.27. The first-order valence-electron chi connectivity index (χ1n) is 5.89. The van der Waals surface area contributed by atoms with Gasteiger partial charge in [-0.15, -0.1) is 11.8 Å². The molecule has 21 heavy (non-hydrogen) atoms. The molecule has 0 bridgehead atoms. The predicted octanol–water partition coefficient (Wildman–Crippen LogP) is 1.20. The molecule has 8 nitrogen and oxygen atoms in total. The van der Waals surface area contributed by atoms with Crippen LogP contribution in [-0.4, -0.2) is 51.6 Å². The van der Waals surface area contributed by atoms with E-state index in [2.05, 4.69) is 0 Å². The lowest BCUT2D eigenvalue weighted by molar-refractivity contribution is -0.384. The topological polar surface area (TPSA) is 110 Å². The van der Waals surface area contributed by atoms with Gasteiger partial charge in [0.2, 0.25) is 0 Å². The number of nitrogens with zero attached hydrogens (tertiary/aromatic N) is 2. The molecule has 0 radical (unpaired) electrons. The maximum Gasteiger partial charge on any atom is 0.327 e. The number of hydrogen-bond acceptors (Lipinski definition) is 6. The van der Waals surface area contributed by atoms with E-state index in [1.807, 2.05) is 0 Å². The van der Waals surface area contributed by atoms with E-state index in [9.17, 15) is 19.7 Å². The highest BCUT2D eigenvalue weighted by molar-refractivity contribution is 7.99. The highest BCUT2D eigenvalue weighted by Gasteiger charge is 2.36. The Hall–Kier alpha value is -2.29. The van der Waals surface area contributed by atoms with Crippen LogP contribution in [0.3, 0.4) is 0 Å². The number of thioether (sulfide) groups is 1.